The highest BCUT2D eigenvalue weighted by atomic mass is 35.5. The summed E-state index contributed by atoms with van der Waals surface area (Å²) in [7, 11) is 3.09. The van der Waals surface area contributed by atoms with E-state index in [0.29, 0.717) is 17.8 Å². The molecule has 0 aromatic carbocycles. The molecule has 0 amide bonds. The van der Waals surface area contributed by atoms with E-state index < -0.39 is 0 Å². The van der Waals surface area contributed by atoms with Crippen molar-refractivity contribution >= 4 is 23.6 Å². The van der Waals surface area contributed by atoms with Crippen molar-refractivity contribution < 1.29 is 0 Å². The highest BCUT2D eigenvalue weighted by Gasteiger charge is 2.15. The van der Waals surface area contributed by atoms with Gasteiger partial charge in [-0.2, -0.15) is 0 Å². The van der Waals surface area contributed by atoms with E-state index >= 15 is 0 Å². The minimum absolute atomic E-state index is 0. The highest BCUT2D eigenvalue weighted by Crippen LogP contribution is 2.08. The maximum absolute atomic E-state index is 12.3. The van der Waals surface area contributed by atoms with Gasteiger partial charge in [0, 0.05) is 26.8 Å². The minimum atomic E-state index is -0.367. The molecule has 1 aliphatic heterocycles. The van der Waals surface area contributed by atoms with Crippen LogP contribution in [-0.4, -0.2) is 30.1 Å². The number of rotatable bonds is 2. The molecule has 0 unspecified atom stereocenters. The molecule has 0 atom stereocenters. The Morgan fingerprint density at radius 1 is 1.19 bits per heavy atom. The third-order valence-corrected chi connectivity index (χ3v) is 3.44. The number of imidazole rings is 1. The predicted molar refractivity (Wildman–Crippen MR) is 82.4 cm³/mol. The van der Waals surface area contributed by atoms with E-state index in [1.165, 1.54) is 11.6 Å². The van der Waals surface area contributed by atoms with Crippen LogP contribution in [-0.2, 0) is 20.8 Å². The Morgan fingerprint density at radius 3 is 2.62 bits per heavy atom. The Hall–Kier alpha value is -2.28. The molecule has 0 bridgehead atoms. The lowest BCUT2D eigenvalue weighted by molar-refractivity contribution is 0.335. The Morgan fingerprint density at radius 2 is 1.95 bits per heavy atom. The zero-order valence-corrected chi connectivity index (χ0v) is 12.6. The zero-order chi connectivity index (χ0) is 14.3. The molecule has 0 N–H and O–H groups in total. The summed E-state index contributed by atoms with van der Waals surface area (Å²) in [6, 6.07) is 0. The number of aryl methyl sites for hydroxylation is 1. The van der Waals surface area contributed by atoms with Gasteiger partial charge in [0.15, 0.2) is 11.2 Å². The molecule has 0 spiro atoms. The fourth-order valence-electron chi connectivity index (χ4n) is 2.31. The van der Waals surface area contributed by atoms with Gasteiger partial charge in [0.05, 0.1) is 13.0 Å². The number of halogens is 1. The van der Waals surface area contributed by atoms with Crippen LogP contribution >= 0.6 is 12.4 Å². The molecular weight excluding hydrogens is 294 g/mol. The molecule has 1 aliphatic rings. The summed E-state index contributed by atoms with van der Waals surface area (Å²) in [6.07, 6.45) is 9.50. The van der Waals surface area contributed by atoms with Gasteiger partial charge in [0.1, 0.15) is 0 Å². The predicted octanol–water partition coefficient (Wildman–Crippen LogP) is 0.199. The third-order valence-electron chi connectivity index (χ3n) is 3.44. The fourth-order valence-corrected chi connectivity index (χ4v) is 2.31. The number of hydrogen-bond acceptors (Lipinski definition) is 4. The SMILES string of the molecule is Cl.Cn1c(=O)c2c(ncn2CN2C=CC=CC2)n(C)c1=O. The lowest BCUT2D eigenvalue weighted by atomic mass is 10.4. The van der Waals surface area contributed by atoms with E-state index in [-0.39, 0.29) is 23.7 Å². The van der Waals surface area contributed by atoms with Gasteiger partial charge >= 0.3 is 5.69 Å². The van der Waals surface area contributed by atoms with E-state index in [2.05, 4.69) is 4.98 Å². The second-order valence-corrected chi connectivity index (χ2v) is 4.77. The van der Waals surface area contributed by atoms with Gasteiger partial charge in [-0.15, -0.1) is 12.4 Å². The van der Waals surface area contributed by atoms with Gasteiger partial charge in [-0.3, -0.25) is 13.9 Å². The van der Waals surface area contributed by atoms with Crippen molar-refractivity contribution in [2.75, 3.05) is 6.54 Å². The first kappa shape index (κ1) is 15.1. The van der Waals surface area contributed by atoms with Gasteiger partial charge in [-0.05, 0) is 6.08 Å². The van der Waals surface area contributed by atoms with Gasteiger partial charge in [-0.1, -0.05) is 12.2 Å². The van der Waals surface area contributed by atoms with Crippen molar-refractivity contribution in [3.05, 3.63) is 51.6 Å². The molecule has 8 heteroatoms. The minimum Gasteiger partial charge on any atom is -0.356 e. The average molecular weight is 310 g/mol. The normalized spacial score (nSPS) is 13.7. The molecule has 21 heavy (non-hydrogen) atoms. The fraction of sp³-hybridized carbons (Fsp3) is 0.308. The van der Waals surface area contributed by atoms with E-state index in [4.69, 9.17) is 0 Å². The second-order valence-electron chi connectivity index (χ2n) is 4.77. The van der Waals surface area contributed by atoms with Gasteiger partial charge in [-0.25, -0.2) is 9.78 Å². The van der Waals surface area contributed by atoms with E-state index in [0.717, 1.165) is 11.1 Å². The van der Waals surface area contributed by atoms with Crippen LogP contribution < -0.4 is 11.2 Å². The first-order valence-electron chi connectivity index (χ1n) is 6.28. The average Bonchev–Trinajstić information content (AvgIpc) is 2.88. The number of aromatic nitrogens is 4. The van der Waals surface area contributed by atoms with Crippen molar-refractivity contribution in [3.8, 4) is 0 Å². The van der Waals surface area contributed by atoms with E-state index in [1.807, 2.05) is 29.3 Å². The second kappa shape index (κ2) is 5.61. The summed E-state index contributed by atoms with van der Waals surface area (Å²) >= 11 is 0. The first-order valence-corrected chi connectivity index (χ1v) is 6.28. The third kappa shape index (κ3) is 2.40. The summed E-state index contributed by atoms with van der Waals surface area (Å²) in [4.78, 5) is 30.3. The van der Waals surface area contributed by atoms with Crippen LogP contribution in [0.4, 0.5) is 0 Å². The Kier molecular flexibility index (Phi) is 4.04. The zero-order valence-electron chi connectivity index (χ0n) is 11.8. The van der Waals surface area contributed by atoms with Gasteiger partial charge in [0.2, 0.25) is 0 Å². The quantitative estimate of drug-likeness (QED) is 0.795. The Bertz CT molecular complexity index is 843. The lowest BCUT2D eigenvalue weighted by Gasteiger charge is -2.21. The van der Waals surface area contributed by atoms with Crippen LogP contribution in [0.5, 0.6) is 0 Å². The summed E-state index contributed by atoms with van der Waals surface area (Å²) < 4.78 is 4.26. The Labute approximate surface area is 126 Å². The highest BCUT2D eigenvalue weighted by molar-refractivity contribution is 5.85. The van der Waals surface area contributed by atoms with Crippen LogP contribution in [0.3, 0.4) is 0 Å². The molecule has 3 rings (SSSR count). The summed E-state index contributed by atoms with van der Waals surface area (Å²) in [5, 5.41) is 0. The first-order chi connectivity index (χ1) is 9.59. The van der Waals surface area contributed by atoms with Crippen LogP contribution in [0.2, 0.25) is 0 Å². The summed E-state index contributed by atoms with van der Waals surface area (Å²) in [5.74, 6) is 0. The number of allylic oxidation sites excluding steroid dienone is 2. The molecule has 0 saturated carbocycles. The molecule has 0 saturated heterocycles. The standard InChI is InChI=1S/C13H15N5O2.ClH/c1-15-11-10(12(19)16(2)13(15)20)18(8-14-11)9-17-6-4-3-5-7-17;/h3-6,8H,7,9H2,1-2H3;1H. The number of fused-ring (bicyclic) bond motifs is 1. The molecule has 2 aromatic rings. The smallest absolute Gasteiger partial charge is 0.332 e. The molecule has 112 valence electrons. The monoisotopic (exact) mass is 309 g/mol. The maximum Gasteiger partial charge on any atom is 0.332 e. The van der Waals surface area contributed by atoms with Crippen LogP contribution in [0, 0.1) is 0 Å². The van der Waals surface area contributed by atoms with Crippen molar-refractivity contribution in [1.82, 2.24) is 23.6 Å². The number of hydrogen-bond donors (Lipinski definition) is 0. The van der Waals surface area contributed by atoms with Crippen molar-refractivity contribution in [3.63, 3.8) is 0 Å². The van der Waals surface area contributed by atoms with Crippen molar-refractivity contribution in [1.29, 1.82) is 0 Å². The maximum atomic E-state index is 12.3. The topological polar surface area (TPSA) is 65.1 Å². The van der Waals surface area contributed by atoms with Crippen LogP contribution in [0.15, 0.2) is 40.3 Å². The lowest BCUT2D eigenvalue weighted by Crippen LogP contribution is -2.38. The molecule has 3 heterocycles. The molecule has 0 radical (unpaired) electrons. The molecule has 0 fully saturated rings. The van der Waals surface area contributed by atoms with E-state index in [9.17, 15) is 9.59 Å². The Balaban J connectivity index is 0.00000161. The molecule has 7 nitrogen and oxygen atoms in total. The van der Waals surface area contributed by atoms with Gasteiger partial charge < -0.3 is 9.47 Å². The number of nitrogens with zero attached hydrogens (tertiary/aromatic N) is 5. The van der Waals surface area contributed by atoms with Crippen molar-refractivity contribution in [2.24, 2.45) is 14.1 Å². The van der Waals surface area contributed by atoms with Crippen LogP contribution in [0.1, 0.15) is 0 Å². The van der Waals surface area contributed by atoms with Crippen molar-refractivity contribution in [2.45, 2.75) is 6.67 Å². The molecule has 2 aromatic heterocycles. The van der Waals surface area contributed by atoms with E-state index in [1.54, 1.807) is 17.9 Å². The summed E-state index contributed by atoms with van der Waals surface area (Å²) in [6.45, 7) is 1.30. The van der Waals surface area contributed by atoms with Crippen LogP contribution in [0.25, 0.3) is 11.2 Å². The summed E-state index contributed by atoms with van der Waals surface area (Å²) in [5.41, 5.74) is 0.165. The molecule has 0 aliphatic carbocycles. The largest absolute Gasteiger partial charge is 0.356 e. The molecular formula is C13H16ClN5O2. The van der Waals surface area contributed by atoms with Gasteiger partial charge in [0.25, 0.3) is 5.56 Å².